The monoisotopic (exact) mass is 613 g/mol. The zero-order chi connectivity index (χ0) is 29.0. The zero-order valence-electron chi connectivity index (χ0n) is 23.0. The maximum absolute atomic E-state index is 13.9. The van der Waals surface area contributed by atoms with Gasteiger partial charge in [0.25, 0.3) is 5.91 Å². The molecule has 1 aromatic heterocycles. The Morgan fingerprint density at radius 3 is 2.45 bits per heavy atom. The van der Waals surface area contributed by atoms with Crippen molar-refractivity contribution in [2.75, 3.05) is 11.4 Å². The van der Waals surface area contributed by atoms with Gasteiger partial charge in [0.15, 0.2) is 0 Å². The fourth-order valence-electron chi connectivity index (χ4n) is 5.03. The standard InChI is InChI=1S/C29H36BrN5O5/c1-29(2,3)40-28(39)32-16-17-7-9-19(10-8-17)25(36)35(21-11-12-23-24(15-21)34-27(38)33-23)26(37)22(31)14-18-5-4-6-20(30)13-18/h4-6,11-13,15,17,19,22H,7-10,14,16,31H2,1-3H3,(H,32,39)(H2,33,34,38)/t17-,19-,22-/m0/s1. The average molecular weight is 615 g/mol. The minimum atomic E-state index is -0.950. The van der Waals surface area contributed by atoms with Crippen LogP contribution in [0.2, 0.25) is 0 Å². The van der Waals surface area contributed by atoms with E-state index in [1.807, 2.05) is 45.0 Å². The molecule has 1 heterocycles. The minimum absolute atomic E-state index is 0.209. The molecule has 0 unspecified atom stereocenters. The molecule has 1 aliphatic rings. The van der Waals surface area contributed by atoms with Gasteiger partial charge in [0.05, 0.1) is 22.8 Å². The summed E-state index contributed by atoms with van der Waals surface area (Å²) in [5.41, 5.74) is 7.73. The van der Waals surface area contributed by atoms with Gasteiger partial charge in [-0.2, -0.15) is 0 Å². The Hall–Kier alpha value is -3.44. The molecule has 0 bridgehead atoms. The number of carbonyl (C=O) groups is 3. The first-order chi connectivity index (χ1) is 18.9. The van der Waals surface area contributed by atoms with Gasteiger partial charge in [-0.1, -0.05) is 28.1 Å². The third kappa shape index (κ3) is 7.60. The lowest BCUT2D eigenvalue weighted by atomic mass is 9.81. The summed E-state index contributed by atoms with van der Waals surface area (Å²) in [5, 5.41) is 2.82. The SMILES string of the molecule is CC(C)(C)OC(=O)NC[C@H]1CC[C@H](C(=O)N(C(=O)[C@@H](N)Cc2cccc(Br)c2)c2ccc3[nH]c(=O)[nH]c3c2)CC1. The van der Waals surface area contributed by atoms with Crippen LogP contribution in [0.4, 0.5) is 10.5 Å². The molecule has 0 radical (unpaired) electrons. The number of nitrogens with two attached hydrogens (primary N) is 1. The molecule has 214 valence electrons. The fraction of sp³-hybridized carbons (Fsp3) is 0.448. The van der Waals surface area contributed by atoms with Gasteiger partial charge in [0.2, 0.25) is 5.91 Å². The maximum Gasteiger partial charge on any atom is 0.407 e. The molecule has 3 aromatic rings. The number of aromatic amines is 2. The summed E-state index contributed by atoms with van der Waals surface area (Å²) < 4.78 is 6.18. The molecule has 1 saturated carbocycles. The molecular formula is C29H36BrN5O5. The lowest BCUT2D eigenvalue weighted by Gasteiger charge is -2.32. The van der Waals surface area contributed by atoms with Crippen LogP contribution in [0.3, 0.4) is 0 Å². The molecule has 4 rings (SSSR count). The van der Waals surface area contributed by atoms with Gasteiger partial charge in [0.1, 0.15) is 5.60 Å². The third-order valence-electron chi connectivity index (χ3n) is 6.99. The quantitative estimate of drug-likeness (QED) is 0.310. The number of hydrogen-bond donors (Lipinski definition) is 4. The van der Waals surface area contributed by atoms with Crippen LogP contribution in [0, 0.1) is 11.8 Å². The first kappa shape index (κ1) is 29.5. The summed E-state index contributed by atoms with van der Waals surface area (Å²) in [5.74, 6) is -0.983. The first-order valence-corrected chi connectivity index (χ1v) is 14.3. The number of fused-ring (bicyclic) bond motifs is 1. The Kier molecular flexibility index (Phi) is 9.15. The molecule has 0 saturated heterocycles. The molecule has 0 aliphatic heterocycles. The van der Waals surface area contributed by atoms with Crippen LogP contribution < -0.4 is 21.6 Å². The van der Waals surface area contributed by atoms with Crippen molar-refractivity contribution >= 4 is 50.6 Å². The number of hydrogen-bond acceptors (Lipinski definition) is 6. The number of aromatic nitrogens is 2. The summed E-state index contributed by atoms with van der Waals surface area (Å²) >= 11 is 3.44. The van der Waals surface area contributed by atoms with Gasteiger partial charge in [0, 0.05) is 16.9 Å². The van der Waals surface area contributed by atoms with Gasteiger partial charge in [-0.05, 0) is 94.7 Å². The molecule has 5 N–H and O–H groups in total. The number of imidazole rings is 1. The normalized spacial score (nSPS) is 18.2. The van der Waals surface area contributed by atoms with Crippen molar-refractivity contribution in [2.24, 2.45) is 17.6 Å². The van der Waals surface area contributed by atoms with E-state index in [0.717, 1.165) is 22.9 Å². The predicted octanol–water partition coefficient (Wildman–Crippen LogP) is 4.38. The highest BCUT2D eigenvalue weighted by molar-refractivity contribution is 9.10. The van der Waals surface area contributed by atoms with Crippen molar-refractivity contribution < 1.29 is 19.1 Å². The van der Waals surface area contributed by atoms with Gasteiger partial charge in [-0.15, -0.1) is 0 Å². The van der Waals surface area contributed by atoms with Crippen LogP contribution in [0.5, 0.6) is 0 Å². The maximum atomic E-state index is 13.9. The van der Waals surface area contributed by atoms with E-state index in [1.54, 1.807) is 18.2 Å². The van der Waals surface area contributed by atoms with Crippen LogP contribution >= 0.6 is 15.9 Å². The number of carbonyl (C=O) groups excluding carboxylic acids is 3. The number of alkyl carbamates (subject to hydrolysis) is 1. The number of nitrogens with zero attached hydrogens (tertiary/aromatic N) is 1. The van der Waals surface area contributed by atoms with Gasteiger partial charge >= 0.3 is 11.8 Å². The zero-order valence-corrected chi connectivity index (χ0v) is 24.5. The Bertz CT molecular complexity index is 1430. The van der Waals surface area contributed by atoms with Gasteiger partial charge in [-0.25, -0.2) is 14.5 Å². The van der Waals surface area contributed by atoms with Crippen molar-refractivity contribution in [2.45, 2.75) is 64.5 Å². The lowest BCUT2D eigenvalue weighted by Crippen LogP contribution is -2.50. The number of rotatable bonds is 7. The van der Waals surface area contributed by atoms with E-state index in [1.165, 1.54) is 4.90 Å². The van der Waals surface area contributed by atoms with E-state index < -0.39 is 23.6 Å². The number of nitrogens with one attached hydrogen (secondary N) is 3. The predicted molar refractivity (Wildman–Crippen MR) is 157 cm³/mol. The van der Waals surface area contributed by atoms with Crippen LogP contribution in [0.25, 0.3) is 11.0 Å². The second-order valence-corrected chi connectivity index (χ2v) is 12.3. The molecule has 1 fully saturated rings. The van der Waals surface area contributed by atoms with Crippen LogP contribution in [-0.2, 0) is 20.7 Å². The minimum Gasteiger partial charge on any atom is -0.444 e. The van der Waals surface area contributed by atoms with E-state index in [-0.39, 0.29) is 29.9 Å². The first-order valence-electron chi connectivity index (χ1n) is 13.5. The Balaban J connectivity index is 1.49. The lowest BCUT2D eigenvalue weighted by molar-refractivity contribution is -0.130. The van der Waals surface area contributed by atoms with Crippen molar-refractivity contribution in [3.05, 3.63) is 63.0 Å². The Morgan fingerprint density at radius 2 is 1.77 bits per heavy atom. The number of H-pyrrole nitrogens is 2. The second kappa shape index (κ2) is 12.4. The molecule has 0 spiro atoms. The number of anilines is 1. The highest BCUT2D eigenvalue weighted by Gasteiger charge is 2.35. The topological polar surface area (TPSA) is 150 Å². The van der Waals surface area contributed by atoms with Crippen molar-refractivity contribution in [1.29, 1.82) is 0 Å². The van der Waals surface area contributed by atoms with Crippen LogP contribution in [0.1, 0.15) is 52.0 Å². The average Bonchev–Trinajstić information content (AvgIpc) is 3.26. The van der Waals surface area contributed by atoms with E-state index in [4.69, 9.17) is 10.5 Å². The molecule has 1 atom stereocenters. The summed E-state index contributed by atoms with van der Waals surface area (Å²) in [6, 6.07) is 11.5. The largest absolute Gasteiger partial charge is 0.444 e. The molecule has 3 amide bonds. The number of amides is 3. The number of imide groups is 1. The summed E-state index contributed by atoms with van der Waals surface area (Å²) in [6.07, 6.45) is 2.40. The van der Waals surface area contributed by atoms with Gasteiger partial charge < -0.3 is 25.8 Å². The van der Waals surface area contributed by atoms with Crippen LogP contribution in [0.15, 0.2) is 51.7 Å². The van der Waals surface area contributed by atoms with E-state index >= 15 is 0 Å². The van der Waals surface area contributed by atoms with Crippen molar-refractivity contribution in [3.63, 3.8) is 0 Å². The van der Waals surface area contributed by atoms with Crippen molar-refractivity contribution in [3.8, 4) is 0 Å². The van der Waals surface area contributed by atoms with Gasteiger partial charge in [-0.3, -0.25) is 9.59 Å². The van der Waals surface area contributed by atoms with Crippen LogP contribution in [-0.4, -0.2) is 46.1 Å². The smallest absolute Gasteiger partial charge is 0.407 e. The second-order valence-electron chi connectivity index (χ2n) is 11.4. The highest BCUT2D eigenvalue weighted by atomic mass is 79.9. The third-order valence-corrected chi connectivity index (χ3v) is 7.48. The summed E-state index contributed by atoms with van der Waals surface area (Å²) in [4.78, 5) is 58.0. The van der Waals surface area contributed by atoms with E-state index in [0.29, 0.717) is 36.1 Å². The summed E-state index contributed by atoms with van der Waals surface area (Å²) in [7, 11) is 0. The number of halogens is 1. The Morgan fingerprint density at radius 1 is 1.07 bits per heavy atom. The Labute approximate surface area is 241 Å². The molecule has 10 nitrogen and oxygen atoms in total. The molecule has 2 aromatic carbocycles. The summed E-state index contributed by atoms with van der Waals surface area (Å²) in [6.45, 7) is 5.90. The van der Waals surface area contributed by atoms with E-state index in [9.17, 15) is 19.2 Å². The number of benzene rings is 2. The van der Waals surface area contributed by atoms with Crippen molar-refractivity contribution in [1.82, 2.24) is 15.3 Å². The fourth-order valence-corrected chi connectivity index (χ4v) is 5.48. The highest BCUT2D eigenvalue weighted by Crippen LogP contribution is 2.32. The molecule has 11 heteroatoms. The number of ether oxygens (including phenoxy) is 1. The molecular weight excluding hydrogens is 578 g/mol. The molecule has 1 aliphatic carbocycles. The van der Waals surface area contributed by atoms with E-state index in [2.05, 4.69) is 31.2 Å². The molecule has 40 heavy (non-hydrogen) atoms.